The fourth-order valence-electron chi connectivity index (χ4n) is 3.05. The van der Waals surface area contributed by atoms with Gasteiger partial charge in [0.25, 0.3) is 0 Å². The van der Waals surface area contributed by atoms with E-state index >= 15 is 0 Å². The molecule has 10 heteroatoms. The third-order valence-electron chi connectivity index (χ3n) is 4.55. The van der Waals surface area contributed by atoms with Crippen LogP contribution in [-0.4, -0.2) is 31.7 Å². The first-order valence-electron chi connectivity index (χ1n) is 8.41. The number of sulfonamides is 1. The summed E-state index contributed by atoms with van der Waals surface area (Å²) in [6, 6.07) is 9.52. The molecule has 0 unspecified atom stereocenters. The summed E-state index contributed by atoms with van der Waals surface area (Å²) in [5.41, 5.74) is 0.428. The number of amides is 1. The molecule has 1 aliphatic heterocycles. The minimum atomic E-state index is -3.84. The van der Waals surface area contributed by atoms with E-state index in [0.29, 0.717) is 23.6 Å². The zero-order valence-electron chi connectivity index (χ0n) is 14.5. The van der Waals surface area contributed by atoms with Gasteiger partial charge in [0.1, 0.15) is 4.90 Å². The van der Waals surface area contributed by atoms with Crippen LogP contribution in [0.5, 0.6) is 0 Å². The fourth-order valence-corrected chi connectivity index (χ4v) is 5.96. The van der Waals surface area contributed by atoms with E-state index in [1.807, 2.05) is 0 Å². The molecule has 0 saturated carbocycles. The van der Waals surface area contributed by atoms with Crippen LogP contribution in [0.3, 0.4) is 0 Å². The van der Waals surface area contributed by atoms with Gasteiger partial charge in [0.05, 0.1) is 25.8 Å². The summed E-state index contributed by atoms with van der Waals surface area (Å²) in [6.45, 7) is 0.372. The van der Waals surface area contributed by atoms with Crippen LogP contribution in [-0.2, 0) is 14.8 Å². The highest BCUT2D eigenvalue weighted by Gasteiger charge is 2.34. The highest BCUT2D eigenvalue weighted by atomic mass is 35.5. The second kappa shape index (κ2) is 8.78. The van der Waals surface area contributed by atoms with E-state index in [9.17, 15) is 13.2 Å². The van der Waals surface area contributed by atoms with Crippen LogP contribution >= 0.6 is 46.4 Å². The van der Waals surface area contributed by atoms with Gasteiger partial charge in [-0.2, -0.15) is 4.31 Å². The highest BCUT2D eigenvalue weighted by Crippen LogP contribution is 2.34. The highest BCUT2D eigenvalue weighted by molar-refractivity contribution is 7.89. The minimum Gasteiger partial charge on any atom is -0.324 e. The van der Waals surface area contributed by atoms with E-state index in [0.717, 1.165) is 0 Å². The third-order valence-corrected chi connectivity index (χ3v) is 8.22. The predicted molar refractivity (Wildman–Crippen MR) is 113 cm³/mol. The van der Waals surface area contributed by atoms with Crippen LogP contribution in [0.4, 0.5) is 5.69 Å². The zero-order valence-corrected chi connectivity index (χ0v) is 18.3. The van der Waals surface area contributed by atoms with E-state index in [4.69, 9.17) is 46.4 Å². The maximum Gasteiger partial charge on any atom is 0.246 e. The molecule has 1 saturated heterocycles. The first-order chi connectivity index (χ1) is 13.2. The van der Waals surface area contributed by atoms with Gasteiger partial charge in [0.2, 0.25) is 15.9 Å². The van der Waals surface area contributed by atoms with Crippen molar-refractivity contribution in [2.45, 2.75) is 17.7 Å². The average molecular weight is 482 g/mol. The Morgan fingerprint density at radius 2 is 1.46 bits per heavy atom. The van der Waals surface area contributed by atoms with Gasteiger partial charge in [-0.3, -0.25) is 4.79 Å². The summed E-state index contributed by atoms with van der Waals surface area (Å²) in [5, 5.41) is 3.52. The zero-order chi connectivity index (χ0) is 20.5. The second-order valence-electron chi connectivity index (χ2n) is 6.32. The molecule has 2 aromatic rings. The summed E-state index contributed by atoms with van der Waals surface area (Å²) >= 11 is 24.2. The van der Waals surface area contributed by atoms with Crippen molar-refractivity contribution >= 4 is 68.0 Å². The van der Waals surface area contributed by atoms with Gasteiger partial charge in [-0.05, 0) is 37.1 Å². The Bertz CT molecular complexity index is 986. The first kappa shape index (κ1) is 21.7. The molecule has 1 fully saturated rings. The number of hydrogen-bond donors (Lipinski definition) is 1. The molecule has 2 aromatic carbocycles. The molecule has 5 nitrogen and oxygen atoms in total. The summed E-state index contributed by atoms with van der Waals surface area (Å²) in [7, 11) is -3.84. The van der Waals surface area contributed by atoms with Crippen molar-refractivity contribution in [3.63, 3.8) is 0 Å². The number of halogens is 4. The molecule has 0 radical (unpaired) electrons. The molecule has 1 aliphatic rings. The number of rotatable bonds is 4. The summed E-state index contributed by atoms with van der Waals surface area (Å²) in [6.07, 6.45) is 0.733. The molecule has 0 spiro atoms. The lowest BCUT2D eigenvalue weighted by Gasteiger charge is -2.31. The van der Waals surface area contributed by atoms with Crippen LogP contribution in [0.15, 0.2) is 41.3 Å². The number of benzene rings is 2. The molecule has 0 aliphatic carbocycles. The summed E-state index contributed by atoms with van der Waals surface area (Å²) in [5.74, 6) is -0.569. The van der Waals surface area contributed by atoms with Crippen molar-refractivity contribution in [2.75, 3.05) is 18.4 Å². The van der Waals surface area contributed by atoms with Crippen molar-refractivity contribution in [1.82, 2.24) is 4.31 Å². The van der Waals surface area contributed by atoms with E-state index in [-0.39, 0.29) is 44.9 Å². The third kappa shape index (κ3) is 4.42. The number of carbonyl (C=O) groups excluding carboxylic acids is 1. The lowest BCUT2D eigenvalue weighted by Crippen LogP contribution is -2.41. The summed E-state index contributed by atoms with van der Waals surface area (Å²) < 4.78 is 27.1. The molecule has 1 heterocycles. The largest absolute Gasteiger partial charge is 0.324 e. The fraction of sp³-hybridized carbons (Fsp3) is 0.278. The molecule has 1 N–H and O–H groups in total. The van der Waals surface area contributed by atoms with Crippen LogP contribution in [0, 0.1) is 5.92 Å². The van der Waals surface area contributed by atoms with E-state index in [1.54, 1.807) is 24.3 Å². The molecular formula is C18H16Cl4N2O3S. The van der Waals surface area contributed by atoms with Gasteiger partial charge in [-0.25, -0.2) is 8.42 Å². The van der Waals surface area contributed by atoms with Crippen LogP contribution < -0.4 is 5.32 Å². The van der Waals surface area contributed by atoms with Crippen LogP contribution in [0.2, 0.25) is 20.1 Å². The van der Waals surface area contributed by atoms with Gasteiger partial charge in [-0.15, -0.1) is 0 Å². The lowest BCUT2D eigenvalue weighted by atomic mass is 9.97. The Hall–Kier alpha value is -1.02. The van der Waals surface area contributed by atoms with E-state index in [2.05, 4.69) is 5.32 Å². The molecule has 0 aromatic heterocycles. The monoisotopic (exact) mass is 480 g/mol. The lowest BCUT2D eigenvalue weighted by molar-refractivity contribution is -0.120. The number of carbonyl (C=O) groups is 1. The van der Waals surface area contributed by atoms with Crippen molar-refractivity contribution in [3.8, 4) is 0 Å². The quantitative estimate of drug-likeness (QED) is 0.640. The Morgan fingerprint density at radius 3 is 2.07 bits per heavy atom. The van der Waals surface area contributed by atoms with Crippen molar-refractivity contribution in [1.29, 1.82) is 0 Å². The van der Waals surface area contributed by atoms with Crippen LogP contribution in [0.1, 0.15) is 12.8 Å². The number of piperidine rings is 1. The molecule has 0 atom stereocenters. The van der Waals surface area contributed by atoms with Gasteiger partial charge in [-0.1, -0.05) is 58.5 Å². The predicted octanol–water partition coefficient (Wildman–Crippen LogP) is 5.34. The topological polar surface area (TPSA) is 66.5 Å². The molecule has 28 heavy (non-hydrogen) atoms. The number of nitrogens with zero attached hydrogens (tertiary/aromatic N) is 1. The number of nitrogens with one attached hydrogen (secondary N) is 1. The van der Waals surface area contributed by atoms with Crippen molar-refractivity contribution in [2.24, 2.45) is 5.92 Å². The molecule has 3 rings (SSSR count). The van der Waals surface area contributed by atoms with E-state index < -0.39 is 10.0 Å². The van der Waals surface area contributed by atoms with Gasteiger partial charge < -0.3 is 5.32 Å². The summed E-state index contributed by atoms with van der Waals surface area (Å²) in [4.78, 5) is 12.4. The van der Waals surface area contributed by atoms with Crippen molar-refractivity contribution < 1.29 is 13.2 Å². The Balaban J connectivity index is 1.69. The Labute approximate surface area is 183 Å². The van der Waals surface area contributed by atoms with Gasteiger partial charge >= 0.3 is 0 Å². The normalized spacial score (nSPS) is 16.1. The molecule has 0 bridgehead atoms. The molecule has 150 valence electrons. The maximum atomic E-state index is 12.9. The minimum absolute atomic E-state index is 0.0722. The standard InChI is InChI=1S/C18H16Cl4N2O3S/c19-12-3-2-6-15(16(12)22)23-18(25)11-7-9-24(10-8-11)28(26,27)17-13(20)4-1-5-14(17)21/h1-6,11H,7-10H2,(H,23,25). The first-order valence-corrected chi connectivity index (χ1v) is 11.4. The molecular weight excluding hydrogens is 466 g/mol. The Kier molecular flexibility index (Phi) is 6.80. The Morgan fingerprint density at radius 1 is 0.929 bits per heavy atom. The van der Waals surface area contributed by atoms with E-state index in [1.165, 1.54) is 16.4 Å². The van der Waals surface area contributed by atoms with Gasteiger partial charge in [0.15, 0.2) is 0 Å². The second-order valence-corrected chi connectivity index (χ2v) is 9.79. The van der Waals surface area contributed by atoms with Crippen molar-refractivity contribution in [3.05, 3.63) is 56.5 Å². The average Bonchev–Trinajstić information content (AvgIpc) is 2.65. The maximum absolute atomic E-state index is 12.9. The smallest absolute Gasteiger partial charge is 0.246 e. The van der Waals surface area contributed by atoms with Crippen LogP contribution in [0.25, 0.3) is 0 Å². The molecule has 1 amide bonds. The SMILES string of the molecule is O=C(Nc1cccc(Cl)c1Cl)C1CCN(S(=O)(=O)c2c(Cl)cccc2Cl)CC1. The van der Waals surface area contributed by atoms with Gasteiger partial charge in [0, 0.05) is 19.0 Å². The number of anilines is 1. The number of hydrogen-bond acceptors (Lipinski definition) is 3.